The number of nitrogens with one attached hydrogen (secondary N) is 1. The molecule has 6 nitrogen and oxygen atoms in total. The number of amides is 1. The van der Waals surface area contributed by atoms with Crippen molar-refractivity contribution >= 4 is 34.3 Å². The second-order valence-corrected chi connectivity index (χ2v) is 7.62. The third-order valence-corrected chi connectivity index (χ3v) is 5.85. The number of thioether (sulfide) groups is 1. The normalized spacial score (nSPS) is 12.5. The van der Waals surface area contributed by atoms with E-state index in [9.17, 15) is 4.79 Å². The maximum Gasteiger partial charge on any atom is 0.233 e. The van der Waals surface area contributed by atoms with Gasteiger partial charge >= 0.3 is 0 Å². The molecule has 0 radical (unpaired) electrons. The molecule has 0 unspecified atom stereocenters. The summed E-state index contributed by atoms with van der Waals surface area (Å²) in [5, 5.41) is 11.8. The van der Waals surface area contributed by atoms with Crippen LogP contribution in [0.4, 0.5) is 0 Å². The highest BCUT2D eigenvalue weighted by atomic mass is 32.2. The molecule has 138 valence electrons. The van der Waals surface area contributed by atoms with Crippen LogP contribution in [0.15, 0.2) is 58.4 Å². The predicted octanol–water partition coefficient (Wildman–Crippen LogP) is 3.97. The zero-order valence-corrected chi connectivity index (χ0v) is 16.0. The number of aryl methyl sites for hydroxylation is 1. The van der Waals surface area contributed by atoms with Gasteiger partial charge in [-0.05, 0) is 18.9 Å². The summed E-state index contributed by atoms with van der Waals surface area (Å²) in [5.74, 6) is 0.00196. The minimum Gasteiger partial charge on any atom is -0.463 e. The van der Waals surface area contributed by atoms with Crippen LogP contribution < -0.4 is 5.32 Å². The van der Waals surface area contributed by atoms with Crippen molar-refractivity contribution < 1.29 is 9.21 Å². The van der Waals surface area contributed by atoms with E-state index >= 15 is 0 Å². The number of fused-ring (bicyclic) bond motifs is 3. The van der Waals surface area contributed by atoms with Crippen LogP contribution in [-0.4, -0.2) is 25.8 Å². The Hall–Kier alpha value is -2.80. The largest absolute Gasteiger partial charge is 0.463 e. The van der Waals surface area contributed by atoms with Gasteiger partial charge in [-0.15, -0.1) is 10.2 Å². The van der Waals surface area contributed by atoms with E-state index in [0.29, 0.717) is 13.0 Å². The summed E-state index contributed by atoms with van der Waals surface area (Å²) in [6.07, 6.45) is 4.01. The molecule has 0 aliphatic rings. The molecule has 27 heavy (non-hydrogen) atoms. The lowest BCUT2D eigenvalue weighted by molar-refractivity contribution is -0.120. The average Bonchev–Trinajstić information content (AvgIpc) is 3.27. The fraction of sp³-hybridized carbons (Fsp3) is 0.250. The lowest BCUT2D eigenvalue weighted by Gasteiger charge is -2.14. The molecular weight excluding hydrogens is 360 g/mol. The van der Waals surface area contributed by atoms with Crippen molar-refractivity contribution in [2.45, 2.75) is 37.1 Å². The molecule has 0 aliphatic heterocycles. The molecule has 4 aromatic rings. The number of carbonyl (C=O) groups excluding carboxylic acids is 1. The Labute approximate surface area is 161 Å². The molecule has 4 rings (SSSR count). The third-order valence-electron chi connectivity index (χ3n) is 4.50. The van der Waals surface area contributed by atoms with Gasteiger partial charge in [0.25, 0.3) is 0 Å². The number of hydrogen-bond donors (Lipinski definition) is 1. The number of hydrogen-bond acceptors (Lipinski definition) is 5. The van der Waals surface area contributed by atoms with Crippen LogP contribution in [0.25, 0.3) is 16.6 Å². The fourth-order valence-corrected chi connectivity index (χ4v) is 3.96. The van der Waals surface area contributed by atoms with E-state index in [4.69, 9.17) is 4.42 Å². The molecule has 1 amide bonds. The van der Waals surface area contributed by atoms with Gasteiger partial charge in [-0.3, -0.25) is 9.20 Å². The highest BCUT2D eigenvalue weighted by Gasteiger charge is 2.21. The van der Waals surface area contributed by atoms with Gasteiger partial charge in [0.2, 0.25) is 5.91 Å². The summed E-state index contributed by atoms with van der Waals surface area (Å²) in [6, 6.07) is 12.0. The van der Waals surface area contributed by atoms with Crippen LogP contribution >= 0.6 is 11.8 Å². The van der Waals surface area contributed by atoms with Crippen LogP contribution in [0.2, 0.25) is 0 Å². The van der Waals surface area contributed by atoms with Gasteiger partial charge in [-0.25, -0.2) is 0 Å². The van der Waals surface area contributed by atoms with E-state index in [1.807, 2.05) is 54.6 Å². The van der Waals surface area contributed by atoms with E-state index in [2.05, 4.69) is 15.5 Å². The van der Waals surface area contributed by atoms with E-state index in [1.165, 1.54) is 17.3 Å². The van der Waals surface area contributed by atoms with Crippen molar-refractivity contribution in [2.75, 3.05) is 0 Å². The molecule has 1 atom stereocenters. The summed E-state index contributed by atoms with van der Waals surface area (Å²) in [5.41, 5.74) is 4.91. The predicted molar refractivity (Wildman–Crippen MR) is 106 cm³/mol. The van der Waals surface area contributed by atoms with Crippen molar-refractivity contribution in [1.29, 1.82) is 0 Å². The molecule has 0 fully saturated rings. The Morgan fingerprint density at radius 3 is 2.85 bits per heavy atom. The maximum atomic E-state index is 12.7. The first-order chi connectivity index (χ1) is 13.2. The first-order valence-electron chi connectivity index (χ1n) is 8.85. The Morgan fingerprint density at radius 1 is 1.26 bits per heavy atom. The minimum absolute atomic E-state index is 0.00196. The summed E-state index contributed by atoms with van der Waals surface area (Å²) in [6.45, 7) is 4.57. The highest BCUT2D eigenvalue weighted by molar-refractivity contribution is 8.00. The van der Waals surface area contributed by atoms with Crippen molar-refractivity contribution in [3.05, 3.63) is 60.1 Å². The van der Waals surface area contributed by atoms with Crippen LogP contribution in [0, 0.1) is 6.92 Å². The van der Waals surface area contributed by atoms with Crippen molar-refractivity contribution in [1.82, 2.24) is 19.9 Å². The Morgan fingerprint density at radius 2 is 2.07 bits per heavy atom. The number of furan rings is 1. The summed E-state index contributed by atoms with van der Waals surface area (Å²) in [4.78, 5) is 12.7. The van der Waals surface area contributed by atoms with Gasteiger partial charge in [-0.1, -0.05) is 48.5 Å². The monoisotopic (exact) mass is 380 g/mol. The first-order valence-corrected chi connectivity index (χ1v) is 9.73. The van der Waals surface area contributed by atoms with Gasteiger partial charge in [-0.2, -0.15) is 0 Å². The molecule has 0 bridgehead atoms. The molecule has 0 saturated heterocycles. The van der Waals surface area contributed by atoms with E-state index < -0.39 is 0 Å². The number of rotatable bonds is 6. The van der Waals surface area contributed by atoms with Crippen LogP contribution in [0.5, 0.6) is 0 Å². The van der Waals surface area contributed by atoms with Crippen LogP contribution in [0.3, 0.4) is 0 Å². The molecule has 0 aliphatic carbocycles. The fourth-order valence-electron chi connectivity index (χ4n) is 2.96. The molecule has 1 N–H and O–H groups in total. The standard InChI is InChI=1S/C20H20N4O2S/c1-3-18(19(25)21-11-14-6-4-13(2)5-7-14)27-20-16-10-17-15(8-9-26-17)24(16)12-22-23-20/h4-10,12,18H,3,11H2,1-2H3,(H,21,25)/t18-/m1/s1. The number of aromatic nitrogens is 3. The number of carbonyl (C=O) groups is 1. The summed E-state index contributed by atoms with van der Waals surface area (Å²) in [7, 11) is 0. The second-order valence-electron chi connectivity index (χ2n) is 6.42. The second kappa shape index (κ2) is 7.44. The van der Waals surface area contributed by atoms with Crippen molar-refractivity contribution in [3.8, 4) is 0 Å². The van der Waals surface area contributed by atoms with E-state index in [-0.39, 0.29) is 11.2 Å². The average molecular weight is 380 g/mol. The molecule has 3 aromatic heterocycles. The van der Waals surface area contributed by atoms with Crippen molar-refractivity contribution in [3.63, 3.8) is 0 Å². The number of nitrogens with zero attached hydrogens (tertiary/aromatic N) is 3. The molecule has 1 aromatic carbocycles. The molecule has 7 heteroatoms. The SMILES string of the molecule is CC[C@@H](Sc1nncn2c1cc1occc12)C(=O)NCc1ccc(C)cc1. The lowest BCUT2D eigenvalue weighted by atomic mass is 10.1. The highest BCUT2D eigenvalue weighted by Crippen LogP contribution is 2.30. The van der Waals surface area contributed by atoms with Gasteiger partial charge in [0, 0.05) is 18.7 Å². The van der Waals surface area contributed by atoms with Gasteiger partial charge in [0.15, 0.2) is 5.58 Å². The molecular formula is C20H20N4O2S. The van der Waals surface area contributed by atoms with Gasteiger partial charge in [0.1, 0.15) is 11.4 Å². The number of benzene rings is 1. The van der Waals surface area contributed by atoms with Gasteiger partial charge < -0.3 is 9.73 Å². The zero-order valence-electron chi connectivity index (χ0n) is 15.2. The van der Waals surface area contributed by atoms with Crippen LogP contribution in [-0.2, 0) is 11.3 Å². The zero-order chi connectivity index (χ0) is 18.8. The van der Waals surface area contributed by atoms with E-state index in [0.717, 1.165) is 27.2 Å². The smallest absolute Gasteiger partial charge is 0.233 e. The van der Waals surface area contributed by atoms with E-state index in [1.54, 1.807) is 12.6 Å². The lowest BCUT2D eigenvalue weighted by Crippen LogP contribution is -2.32. The first kappa shape index (κ1) is 17.6. The minimum atomic E-state index is -0.239. The maximum absolute atomic E-state index is 12.7. The quantitative estimate of drug-likeness (QED) is 0.513. The molecule has 3 heterocycles. The Balaban J connectivity index is 1.50. The third kappa shape index (κ3) is 3.55. The van der Waals surface area contributed by atoms with Crippen LogP contribution in [0.1, 0.15) is 24.5 Å². The molecule has 0 spiro atoms. The Bertz CT molecular complexity index is 1080. The van der Waals surface area contributed by atoms with Gasteiger partial charge in [0.05, 0.1) is 22.5 Å². The Kier molecular flexibility index (Phi) is 4.85. The molecule has 0 saturated carbocycles. The summed E-state index contributed by atoms with van der Waals surface area (Å²) >= 11 is 1.43. The van der Waals surface area contributed by atoms with Crippen molar-refractivity contribution in [2.24, 2.45) is 0 Å². The topological polar surface area (TPSA) is 72.4 Å². The summed E-state index contributed by atoms with van der Waals surface area (Å²) < 4.78 is 7.40.